The second-order valence-corrected chi connectivity index (χ2v) is 4.26. The Bertz CT molecular complexity index is 558. The predicted octanol–water partition coefficient (Wildman–Crippen LogP) is -0.0553. The molecule has 0 aliphatic carbocycles. The minimum atomic E-state index is -0.826. The van der Waals surface area contributed by atoms with Gasteiger partial charge in [-0.3, -0.25) is 19.4 Å². The van der Waals surface area contributed by atoms with E-state index in [0.717, 1.165) is 15.4 Å². The fourth-order valence-corrected chi connectivity index (χ4v) is 1.87. The molecule has 7 heteroatoms. The molecule has 0 spiro atoms. The number of amides is 4. The normalized spacial score (nSPS) is 15.2. The van der Waals surface area contributed by atoms with Crippen molar-refractivity contribution < 1.29 is 19.1 Å². The molecule has 0 unspecified atom stereocenters. The van der Waals surface area contributed by atoms with Crippen molar-refractivity contribution in [1.82, 2.24) is 9.80 Å². The number of rotatable bonds is 5. The Morgan fingerprint density at radius 3 is 2.45 bits per heavy atom. The molecule has 1 fully saturated rings. The molecule has 20 heavy (non-hydrogen) atoms. The number of urea groups is 1. The zero-order chi connectivity index (χ0) is 14.7. The summed E-state index contributed by atoms with van der Waals surface area (Å²) in [5.41, 5.74) is 6.41. The maximum Gasteiger partial charge on any atom is 0.334 e. The number of carbonyl (C=O) groups excluding carboxylic acids is 3. The van der Waals surface area contributed by atoms with E-state index in [1.165, 1.54) is 7.05 Å². The first-order chi connectivity index (χ1) is 9.56. The van der Waals surface area contributed by atoms with Gasteiger partial charge in [0.05, 0.1) is 6.54 Å². The maximum atomic E-state index is 11.6. The largest absolute Gasteiger partial charge is 0.491 e. The molecule has 0 radical (unpaired) electrons. The van der Waals surface area contributed by atoms with E-state index in [1.807, 2.05) is 12.1 Å². The predicted molar refractivity (Wildman–Crippen MR) is 69.7 cm³/mol. The lowest BCUT2D eigenvalue weighted by atomic mass is 10.2. The molecule has 0 saturated carbocycles. The van der Waals surface area contributed by atoms with Crippen LogP contribution in [0.3, 0.4) is 0 Å². The number of benzene rings is 1. The van der Waals surface area contributed by atoms with E-state index in [4.69, 9.17) is 10.5 Å². The first-order valence-corrected chi connectivity index (χ1v) is 6.10. The van der Waals surface area contributed by atoms with Crippen LogP contribution in [0.25, 0.3) is 0 Å². The number of hydrogen-bond acceptors (Lipinski definition) is 5. The molecule has 106 valence electrons. The van der Waals surface area contributed by atoms with Crippen molar-refractivity contribution in [2.24, 2.45) is 5.73 Å². The zero-order valence-electron chi connectivity index (χ0n) is 11.0. The van der Waals surface area contributed by atoms with Gasteiger partial charge in [-0.2, -0.15) is 0 Å². The Labute approximate surface area is 115 Å². The van der Waals surface area contributed by atoms with Crippen LogP contribution in [-0.4, -0.2) is 47.8 Å². The lowest BCUT2D eigenvalue weighted by molar-refractivity contribution is -0.142. The minimum absolute atomic E-state index is 0.0205. The molecular weight excluding hydrogens is 262 g/mol. The average Bonchev–Trinajstić information content (AvgIpc) is 2.65. The van der Waals surface area contributed by atoms with Crippen LogP contribution in [0.4, 0.5) is 4.79 Å². The number of nitrogens with zero attached hydrogens (tertiary/aromatic N) is 2. The molecule has 1 saturated heterocycles. The highest BCUT2D eigenvalue weighted by Crippen LogP contribution is 2.17. The van der Waals surface area contributed by atoms with Crippen LogP contribution in [0.1, 0.15) is 5.56 Å². The maximum absolute atomic E-state index is 11.6. The van der Waals surface area contributed by atoms with Crippen molar-refractivity contribution in [3.8, 4) is 5.75 Å². The second-order valence-electron chi connectivity index (χ2n) is 4.26. The number of likely N-dealkylation sites (N-methyl/N-ethyl adjacent to an activating group) is 1. The summed E-state index contributed by atoms with van der Waals surface area (Å²) < 4.78 is 5.50. The SMILES string of the molecule is CN1C(=O)C(=O)N(CCOc2ccccc2CN)C1=O. The summed E-state index contributed by atoms with van der Waals surface area (Å²) in [4.78, 5) is 36.1. The van der Waals surface area contributed by atoms with Gasteiger partial charge < -0.3 is 10.5 Å². The third-order valence-electron chi connectivity index (χ3n) is 3.02. The Morgan fingerprint density at radius 2 is 1.85 bits per heavy atom. The standard InChI is InChI=1S/C13H15N3O4/c1-15-11(17)12(18)16(13(15)19)6-7-20-10-5-3-2-4-9(10)8-14/h2-5H,6-8,14H2,1H3. The van der Waals surface area contributed by atoms with E-state index in [-0.39, 0.29) is 13.2 Å². The van der Waals surface area contributed by atoms with Crippen LogP contribution in [0.5, 0.6) is 5.75 Å². The lowest BCUT2D eigenvalue weighted by Crippen LogP contribution is -2.35. The zero-order valence-corrected chi connectivity index (χ0v) is 11.0. The number of carbonyl (C=O) groups is 3. The molecule has 4 amide bonds. The summed E-state index contributed by atoms with van der Waals surface area (Å²) in [5.74, 6) is -1.04. The first kappa shape index (κ1) is 14.0. The van der Waals surface area contributed by atoms with Crippen LogP contribution in [-0.2, 0) is 16.1 Å². The topological polar surface area (TPSA) is 92.9 Å². The molecule has 7 nitrogen and oxygen atoms in total. The Morgan fingerprint density at radius 1 is 1.15 bits per heavy atom. The fourth-order valence-electron chi connectivity index (χ4n) is 1.87. The number of hydrogen-bond donors (Lipinski definition) is 1. The van der Waals surface area contributed by atoms with E-state index < -0.39 is 17.8 Å². The molecular formula is C13H15N3O4. The van der Waals surface area contributed by atoms with Gasteiger partial charge in [-0.1, -0.05) is 18.2 Å². The van der Waals surface area contributed by atoms with Crippen LogP contribution >= 0.6 is 0 Å². The molecule has 0 bridgehead atoms. The molecule has 1 aliphatic heterocycles. The van der Waals surface area contributed by atoms with E-state index in [0.29, 0.717) is 12.3 Å². The fraction of sp³-hybridized carbons (Fsp3) is 0.308. The molecule has 1 aliphatic rings. The van der Waals surface area contributed by atoms with Gasteiger partial charge in [0.1, 0.15) is 12.4 Å². The van der Waals surface area contributed by atoms with Crippen LogP contribution in [0.2, 0.25) is 0 Å². The third-order valence-corrected chi connectivity index (χ3v) is 3.02. The lowest BCUT2D eigenvalue weighted by Gasteiger charge is -2.14. The monoisotopic (exact) mass is 277 g/mol. The van der Waals surface area contributed by atoms with Gasteiger partial charge >= 0.3 is 17.8 Å². The van der Waals surface area contributed by atoms with E-state index >= 15 is 0 Å². The van der Waals surface area contributed by atoms with Crippen molar-refractivity contribution in [3.05, 3.63) is 29.8 Å². The number of ether oxygens (including phenoxy) is 1. The summed E-state index contributed by atoms with van der Waals surface area (Å²) in [5, 5.41) is 0. The molecule has 1 heterocycles. The minimum Gasteiger partial charge on any atom is -0.491 e. The van der Waals surface area contributed by atoms with Crippen LogP contribution in [0, 0.1) is 0 Å². The van der Waals surface area contributed by atoms with Crippen molar-refractivity contribution in [2.75, 3.05) is 20.2 Å². The van der Waals surface area contributed by atoms with Crippen LogP contribution in [0.15, 0.2) is 24.3 Å². The Kier molecular flexibility index (Phi) is 3.99. The van der Waals surface area contributed by atoms with Crippen molar-refractivity contribution in [1.29, 1.82) is 0 Å². The highest BCUT2D eigenvalue weighted by Gasteiger charge is 2.41. The molecule has 0 aromatic heterocycles. The summed E-state index contributed by atoms with van der Waals surface area (Å²) in [6.45, 7) is 0.460. The molecule has 0 atom stereocenters. The van der Waals surface area contributed by atoms with E-state index in [1.54, 1.807) is 12.1 Å². The smallest absolute Gasteiger partial charge is 0.334 e. The summed E-state index contributed by atoms with van der Waals surface area (Å²) in [6.07, 6.45) is 0. The number of para-hydroxylation sites is 1. The van der Waals surface area contributed by atoms with Crippen molar-refractivity contribution in [3.63, 3.8) is 0 Å². The number of nitrogens with two attached hydrogens (primary N) is 1. The van der Waals surface area contributed by atoms with Gasteiger partial charge in [-0.15, -0.1) is 0 Å². The number of imide groups is 2. The highest BCUT2D eigenvalue weighted by atomic mass is 16.5. The molecule has 2 rings (SSSR count). The van der Waals surface area contributed by atoms with Gasteiger partial charge in [0, 0.05) is 19.2 Å². The Hall–Kier alpha value is -2.41. The van der Waals surface area contributed by atoms with Gasteiger partial charge in [-0.25, -0.2) is 4.79 Å². The van der Waals surface area contributed by atoms with Crippen molar-refractivity contribution in [2.45, 2.75) is 6.54 Å². The van der Waals surface area contributed by atoms with Crippen LogP contribution < -0.4 is 10.5 Å². The Balaban J connectivity index is 1.95. The summed E-state index contributed by atoms with van der Waals surface area (Å²) in [6, 6.07) is 6.61. The van der Waals surface area contributed by atoms with Gasteiger partial charge in [0.25, 0.3) is 0 Å². The summed E-state index contributed by atoms with van der Waals surface area (Å²) in [7, 11) is 1.27. The van der Waals surface area contributed by atoms with Gasteiger partial charge in [0.15, 0.2) is 0 Å². The van der Waals surface area contributed by atoms with Crippen molar-refractivity contribution >= 4 is 17.8 Å². The van der Waals surface area contributed by atoms with Gasteiger partial charge in [-0.05, 0) is 6.07 Å². The quantitative estimate of drug-likeness (QED) is 0.601. The molecule has 2 N–H and O–H groups in total. The molecule has 1 aromatic rings. The average molecular weight is 277 g/mol. The van der Waals surface area contributed by atoms with E-state index in [9.17, 15) is 14.4 Å². The molecule has 1 aromatic carbocycles. The van der Waals surface area contributed by atoms with Gasteiger partial charge in [0.2, 0.25) is 0 Å². The third kappa shape index (κ3) is 2.48. The first-order valence-electron chi connectivity index (χ1n) is 6.10. The second kappa shape index (κ2) is 5.70. The van der Waals surface area contributed by atoms with E-state index in [2.05, 4.69) is 0 Å². The summed E-state index contributed by atoms with van der Waals surface area (Å²) >= 11 is 0. The highest BCUT2D eigenvalue weighted by molar-refractivity contribution is 6.44.